The van der Waals surface area contributed by atoms with Crippen molar-refractivity contribution in [2.75, 3.05) is 5.32 Å². The van der Waals surface area contributed by atoms with Crippen LogP contribution < -0.4 is 10.9 Å². The number of amides is 1. The van der Waals surface area contributed by atoms with E-state index in [1.54, 1.807) is 18.5 Å². The van der Waals surface area contributed by atoms with Crippen LogP contribution in [0.3, 0.4) is 0 Å². The second-order valence-corrected chi connectivity index (χ2v) is 7.31. The summed E-state index contributed by atoms with van der Waals surface area (Å²) < 4.78 is 42.7. The van der Waals surface area contributed by atoms with Gasteiger partial charge >= 0.3 is 6.18 Å². The fraction of sp³-hybridized carbons (Fsp3) is 0.300. The van der Waals surface area contributed by atoms with E-state index in [4.69, 9.17) is 0 Å². The van der Waals surface area contributed by atoms with Gasteiger partial charge in [0.1, 0.15) is 29.0 Å². The van der Waals surface area contributed by atoms with E-state index in [1.165, 1.54) is 13.1 Å². The highest BCUT2D eigenvalue weighted by Gasteiger charge is 2.37. The third-order valence-electron chi connectivity index (χ3n) is 4.95. The molecule has 13 heteroatoms. The molecule has 4 aromatic rings. The summed E-state index contributed by atoms with van der Waals surface area (Å²) in [6.45, 7) is 2.75. The van der Waals surface area contributed by atoms with Crippen molar-refractivity contribution in [1.29, 1.82) is 0 Å². The van der Waals surface area contributed by atoms with Gasteiger partial charge in [0.25, 0.3) is 11.5 Å². The van der Waals surface area contributed by atoms with Crippen LogP contribution in [0.2, 0.25) is 0 Å². The van der Waals surface area contributed by atoms with Gasteiger partial charge in [-0.3, -0.25) is 14.3 Å². The van der Waals surface area contributed by atoms with Crippen LogP contribution in [0.15, 0.2) is 35.4 Å². The Morgan fingerprint density at radius 2 is 2.06 bits per heavy atom. The number of carbonyl (C=O) groups excluding carboxylic acids is 1. The first-order valence-corrected chi connectivity index (χ1v) is 10.0. The highest BCUT2D eigenvalue weighted by atomic mass is 19.4. The number of nitrogens with zero attached hydrogens (tertiary/aromatic N) is 6. The van der Waals surface area contributed by atoms with E-state index < -0.39 is 28.9 Å². The van der Waals surface area contributed by atoms with Crippen LogP contribution in [0.1, 0.15) is 35.8 Å². The first-order chi connectivity index (χ1) is 15.7. The molecule has 0 aromatic carbocycles. The molecule has 4 heterocycles. The molecule has 0 atom stereocenters. The summed E-state index contributed by atoms with van der Waals surface area (Å²) in [7, 11) is 1.27. The number of aromatic nitrogens is 7. The van der Waals surface area contributed by atoms with Gasteiger partial charge in [0.15, 0.2) is 11.5 Å². The molecule has 0 aliphatic carbocycles. The minimum atomic E-state index is -4.75. The molecular weight excluding hydrogens is 441 g/mol. The molecule has 0 unspecified atom stereocenters. The van der Waals surface area contributed by atoms with Crippen LogP contribution >= 0.6 is 0 Å². The first kappa shape index (κ1) is 22.2. The molecule has 4 rings (SSSR count). The summed E-state index contributed by atoms with van der Waals surface area (Å²) in [5.41, 5.74) is -2.25. The third kappa shape index (κ3) is 4.33. The fourth-order valence-corrected chi connectivity index (χ4v) is 3.35. The van der Waals surface area contributed by atoms with Crippen molar-refractivity contribution in [3.63, 3.8) is 0 Å². The molecule has 0 saturated heterocycles. The molecule has 0 aliphatic rings. The maximum absolute atomic E-state index is 13.3. The van der Waals surface area contributed by atoms with Crippen molar-refractivity contribution in [3.05, 3.63) is 52.2 Å². The molecular formula is C20H19F3N8O2. The zero-order valence-electron chi connectivity index (χ0n) is 17.6. The number of carbonyl (C=O) groups is 1. The van der Waals surface area contributed by atoms with Crippen molar-refractivity contribution in [2.24, 2.45) is 7.05 Å². The van der Waals surface area contributed by atoms with Crippen LogP contribution in [0, 0.1) is 0 Å². The number of aromatic amines is 1. The number of unbranched alkanes of at least 4 members (excludes halogenated alkanes) is 1. The van der Waals surface area contributed by atoms with Crippen molar-refractivity contribution in [3.8, 4) is 11.5 Å². The summed E-state index contributed by atoms with van der Waals surface area (Å²) >= 11 is 0. The summed E-state index contributed by atoms with van der Waals surface area (Å²) in [6.07, 6.45) is -1.28. The number of nitrogens with one attached hydrogen (secondary N) is 2. The molecule has 0 saturated carbocycles. The van der Waals surface area contributed by atoms with Crippen molar-refractivity contribution in [1.82, 2.24) is 34.5 Å². The Balaban J connectivity index is 1.66. The molecule has 0 radical (unpaired) electrons. The van der Waals surface area contributed by atoms with Gasteiger partial charge < -0.3 is 14.9 Å². The van der Waals surface area contributed by atoms with Gasteiger partial charge in [-0.1, -0.05) is 19.4 Å². The number of alkyl halides is 3. The lowest BCUT2D eigenvalue weighted by molar-refractivity contribution is -0.140. The van der Waals surface area contributed by atoms with Crippen molar-refractivity contribution < 1.29 is 18.0 Å². The Morgan fingerprint density at radius 3 is 2.79 bits per heavy atom. The Labute approximate surface area is 184 Å². The largest absolute Gasteiger partial charge is 0.435 e. The van der Waals surface area contributed by atoms with Crippen LogP contribution in [-0.2, 0) is 19.8 Å². The highest BCUT2D eigenvalue weighted by molar-refractivity contribution is 6.05. The lowest BCUT2D eigenvalue weighted by Crippen LogP contribution is -2.24. The summed E-state index contributed by atoms with van der Waals surface area (Å²) in [4.78, 5) is 31.8. The third-order valence-corrected chi connectivity index (χ3v) is 4.95. The van der Waals surface area contributed by atoms with Gasteiger partial charge in [-0.15, -0.1) is 10.2 Å². The van der Waals surface area contributed by atoms with E-state index in [-0.39, 0.29) is 16.9 Å². The van der Waals surface area contributed by atoms with E-state index in [1.807, 2.05) is 4.57 Å². The standard InChI is InChI=1S/C20H19F3N8O2/c1-3-4-8-31-10-24-28-17(31)13-6-5-7-14(25-13)26-18(32)12-9-11-15(20(21,22)23)29-30(2)16(11)27-19(12)33/h5-7,9-10H,3-4,8H2,1-2H3,(H,27,33)(H,25,26,32). The fourth-order valence-electron chi connectivity index (χ4n) is 3.35. The van der Waals surface area contributed by atoms with Gasteiger partial charge in [-0.25, -0.2) is 4.98 Å². The second-order valence-electron chi connectivity index (χ2n) is 7.31. The number of aryl methyl sites for hydroxylation is 2. The second kappa shape index (κ2) is 8.48. The van der Waals surface area contributed by atoms with Crippen LogP contribution in [0.4, 0.5) is 19.0 Å². The predicted octanol–water partition coefficient (Wildman–Crippen LogP) is 2.99. The van der Waals surface area contributed by atoms with Crippen LogP contribution in [-0.4, -0.2) is 40.4 Å². The Bertz CT molecular complexity index is 1390. The molecule has 2 N–H and O–H groups in total. The number of hydrogen-bond acceptors (Lipinski definition) is 6. The van der Waals surface area contributed by atoms with Crippen molar-refractivity contribution in [2.45, 2.75) is 32.5 Å². The van der Waals surface area contributed by atoms with Gasteiger partial charge in [0.2, 0.25) is 0 Å². The summed E-state index contributed by atoms with van der Waals surface area (Å²) in [6, 6.07) is 5.69. The monoisotopic (exact) mass is 460 g/mol. The normalized spacial score (nSPS) is 11.8. The molecule has 0 bridgehead atoms. The van der Waals surface area contributed by atoms with E-state index in [9.17, 15) is 22.8 Å². The SMILES string of the molecule is CCCCn1cnnc1-c1cccc(NC(=O)c2cc3c(C(F)(F)F)nn(C)c3[nH]c2=O)n1. The number of H-pyrrole nitrogens is 1. The van der Waals surface area contributed by atoms with Crippen LogP contribution in [0.25, 0.3) is 22.6 Å². The van der Waals surface area contributed by atoms with Gasteiger partial charge in [-0.05, 0) is 24.6 Å². The zero-order valence-corrected chi connectivity index (χ0v) is 17.6. The topological polar surface area (TPSA) is 123 Å². The average Bonchev–Trinajstić information content (AvgIpc) is 3.36. The number of pyridine rings is 2. The quantitative estimate of drug-likeness (QED) is 0.456. The number of rotatable bonds is 6. The van der Waals surface area contributed by atoms with E-state index in [0.29, 0.717) is 18.1 Å². The number of halogens is 3. The molecule has 4 aromatic heterocycles. The average molecular weight is 460 g/mol. The molecule has 1 amide bonds. The molecule has 10 nitrogen and oxygen atoms in total. The lowest BCUT2D eigenvalue weighted by Gasteiger charge is -2.08. The van der Waals surface area contributed by atoms with E-state index in [0.717, 1.165) is 23.6 Å². The number of fused-ring (bicyclic) bond motifs is 1. The lowest BCUT2D eigenvalue weighted by atomic mass is 10.2. The molecule has 0 aliphatic heterocycles. The maximum Gasteiger partial charge on any atom is 0.435 e. The highest BCUT2D eigenvalue weighted by Crippen LogP contribution is 2.33. The minimum absolute atomic E-state index is 0.101. The minimum Gasteiger partial charge on any atom is -0.312 e. The summed E-state index contributed by atoms with van der Waals surface area (Å²) in [5, 5.41) is 13.5. The molecule has 33 heavy (non-hydrogen) atoms. The Kier molecular flexibility index (Phi) is 5.70. The molecule has 172 valence electrons. The molecule has 0 fully saturated rings. The van der Waals surface area contributed by atoms with Gasteiger partial charge in [0.05, 0.1) is 5.39 Å². The van der Waals surface area contributed by atoms with Gasteiger partial charge in [0, 0.05) is 13.6 Å². The first-order valence-electron chi connectivity index (χ1n) is 10.0. The van der Waals surface area contributed by atoms with Crippen LogP contribution in [0.5, 0.6) is 0 Å². The number of hydrogen-bond donors (Lipinski definition) is 2. The van der Waals surface area contributed by atoms with E-state index in [2.05, 4.69) is 37.5 Å². The number of anilines is 1. The van der Waals surface area contributed by atoms with Crippen molar-refractivity contribution >= 4 is 22.8 Å². The zero-order chi connectivity index (χ0) is 23.8. The smallest absolute Gasteiger partial charge is 0.312 e. The predicted molar refractivity (Wildman–Crippen MR) is 112 cm³/mol. The summed E-state index contributed by atoms with van der Waals surface area (Å²) in [5.74, 6) is -0.305. The van der Waals surface area contributed by atoms with Gasteiger partial charge in [-0.2, -0.15) is 18.3 Å². The Hall–Kier alpha value is -4.03. The Morgan fingerprint density at radius 1 is 1.27 bits per heavy atom. The van der Waals surface area contributed by atoms with E-state index >= 15 is 0 Å². The molecule has 0 spiro atoms. The maximum atomic E-state index is 13.3.